The first-order chi connectivity index (χ1) is 19.5. The zero-order chi connectivity index (χ0) is 27.9. The minimum atomic E-state index is -0.952. The maximum atomic E-state index is 14.3. The van der Waals surface area contributed by atoms with Gasteiger partial charge in [-0.1, -0.05) is 60.7 Å². The lowest BCUT2D eigenvalue weighted by molar-refractivity contribution is 0.0447. The number of carbonyl (C=O) groups is 2. The highest BCUT2D eigenvalue weighted by Gasteiger charge is 2.36. The lowest BCUT2D eigenvalue weighted by Gasteiger charge is -2.40. The third-order valence-corrected chi connectivity index (χ3v) is 8.07. The van der Waals surface area contributed by atoms with Gasteiger partial charge in [-0.05, 0) is 37.8 Å². The number of carboxylic acid groups (broad SMARTS) is 1. The summed E-state index contributed by atoms with van der Waals surface area (Å²) in [4.78, 5) is 36.6. The Labute approximate surface area is 236 Å². The second kappa shape index (κ2) is 13.1. The zero-order valence-corrected chi connectivity index (χ0v) is 23.2. The van der Waals surface area contributed by atoms with Gasteiger partial charge < -0.3 is 29.1 Å². The molecule has 5 rings (SSSR count). The van der Waals surface area contributed by atoms with E-state index < -0.39 is 6.09 Å². The van der Waals surface area contributed by atoms with E-state index in [1.54, 1.807) is 7.11 Å². The van der Waals surface area contributed by atoms with Gasteiger partial charge in [-0.2, -0.15) is 0 Å². The van der Waals surface area contributed by atoms with Crippen molar-refractivity contribution in [2.24, 2.45) is 0 Å². The summed E-state index contributed by atoms with van der Waals surface area (Å²) in [6.45, 7) is 4.60. The van der Waals surface area contributed by atoms with Gasteiger partial charge in [0.1, 0.15) is 0 Å². The molecule has 2 aliphatic rings. The van der Waals surface area contributed by atoms with Crippen molar-refractivity contribution in [3.05, 3.63) is 78.2 Å². The highest BCUT2D eigenvalue weighted by atomic mass is 16.5. The van der Waals surface area contributed by atoms with Crippen molar-refractivity contribution >= 4 is 12.0 Å². The molecule has 2 saturated heterocycles. The third-order valence-electron chi connectivity index (χ3n) is 8.07. The molecule has 2 amide bonds. The summed E-state index contributed by atoms with van der Waals surface area (Å²) in [7, 11) is 1.74. The largest absolute Gasteiger partial charge is 0.465 e. The Kier molecular flexibility index (Phi) is 9.13. The monoisotopic (exact) mass is 545 g/mol. The van der Waals surface area contributed by atoms with Gasteiger partial charge in [-0.25, -0.2) is 9.78 Å². The van der Waals surface area contributed by atoms with Gasteiger partial charge in [0.15, 0.2) is 5.69 Å². The number of aromatic nitrogens is 2. The summed E-state index contributed by atoms with van der Waals surface area (Å²) in [6, 6.07) is 19.9. The van der Waals surface area contributed by atoms with Gasteiger partial charge >= 0.3 is 6.09 Å². The molecule has 3 heterocycles. The van der Waals surface area contributed by atoms with Crippen LogP contribution in [-0.4, -0.2) is 100 Å². The SMILES string of the molecule is COCCCN1CCCC(n2cnc(C(=O)N3CCN(C(=O)O)C[C@H]3Cc3ccccc3)c2-c2ccccc2)C1. The van der Waals surface area contributed by atoms with E-state index >= 15 is 0 Å². The number of benzene rings is 2. The van der Waals surface area contributed by atoms with E-state index in [1.165, 1.54) is 4.90 Å². The normalized spacial score (nSPS) is 20.0. The van der Waals surface area contributed by atoms with Crippen LogP contribution in [0.15, 0.2) is 67.0 Å². The lowest BCUT2D eigenvalue weighted by atomic mass is 10.0. The van der Waals surface area contributed by atoms with Crippen molar-refractivity contribution in [1.82, 2.24) is 24.3 Å². The fourth-order valence-electron chi connectivity index (χ4n) is 6.06. The van der Waals surface area contributed by atoms with Crippen LogP contribution in [0.25, 0.3) is 11.3 Å². The Morgan fingerprint density at radius 1 is 1.00 bits per heavy atom. The predicted molar refractivity (Wildman–Crippen MR) is 153 cm³/mol. The van der Waals surface area contributed by atoms with E-state index in [0.717, 1.165) is 62.3 Å². The van der Waals surface area contributed by atoms with Gasteiger partial charge in [-0.15, -0.1) is 0 Å². The van der Waals surface area contributed by atoms with Crippen LogP contribution in [0.2, 0.25) is 0 Å². The number of piperazine rings is 1. The molecule has 0 bridgehead atoms. The number of methoxy groups -OCH3 is 1. The van der Waals surface area contributed by atoms with Crippen LogP contribution in [-0.2, 0) is 11.2 Å². The molecular formula is C31H39N5O4. The topological polar surface area (TPSA) is 91.1 Å². The van der Waals surface area contributed by atoms with Crippen LogP contribution in [0, 0.1) is 0 Å². The highest BCUT2D eigenvalue weighted by Crippen LogP contribution is 2.32. The molecule has 40 heavy (non-hydrogen) atoms. The van der Waals surface area contributed by atoms with Gasteiger partial charge in [0.2, 0.25) is 0 Å². The summed E-state index contributed by atoms with van der Waals surface area (Å²) >= 11 is 0. The van der Waals surface area contributed by atoms with Gasteiger partial charge in [0, 0.05) is 58.0 Å². The van der Waals surface area contributed by atoms with Gasteiger partial charge in [0.25, 0.3) is 5.91 Å². The van der Waals surface area contributed by atoms with Crippen LogP contribution in [0.1, 0.15) is 41.4 Å². The summed E-state index contributed by atoms with van der Waals surface area (Å²) in [5.74, 6) is -0.142. The number of nitrogens with zero attached hydrogens (tertiary/aromatic N) is 5. The van der Waals surface area contributed by atoms with Crippen LogP contribution in [0.4, 0.5) is 4.79 Å². The molecule has 2 aromatic carbocycles. The Bertz CT molecular complexity index is 1270. The molecule has 0 spiro atoms. The molecule has 3 aromatic rings. The first kappa shape index (κ1) is 27.9. The molecule has 0 aliphatic carbocycles. The van der Waals surface area contributed by atoms with Crippen LogP contribution < -0.4 is 0 Å². The Hall–Kier alpha value is -3.69. The molecule has 9 heteroatoms. The smallest absolute Gasteiger partial charge is 0.407 e. The fraction of sp³-hybridized carbons (Fsp3) is 0.452. The van der Waals surface area contributed by atoms with Crippen molar-refractivity contribution in [3.63, 3.8) is 0 Å². The zero-order valence-electron chi connectivity index (χ0n) is 23.2. The van der Waals surface area contributed by atoms with E-state index in [1.807, 2.05) is 71.9 Å². The van der Waals surface area contributed by atoms with E-state index in [0.29, 0.717) is 18.7 Å². The number of ether oxygens (including phenoxy) is 1. The summed E-state index contributed by atoms with van der Waals surface area (Å²) < 4.78 is 7.45. The minimum absolute atomic E-state index is 0.142. The average molecular weight is 546 g/mol. The van der Waals surface area contributed by atoms with E-state index in [9.17, 15) is 14.7 Å². The second-order valence-electron chi connectivity index (χ2n) is 10.7. The molecule has 1 aromatic heterocycles. The number of piperidine rings is 1. The van der Waals surface area contributed by atoms with Crippen molar-refractivity contribution in [3.8, 4) is 11.3 Å². The maximum Gasteiger partial charge on any atom is 0.407 e. The number of imidazole rings is 1. The number of rotatable bonds is 9. The van der Waals surface area contributed by atoms with Crippen LogP contribution in [0.3, 0.4) is 0 Å². The molecule has 0 saturated carbocycles. The number of hydrogen-bond donors (Lipinski definition) is 1. The van der Waals surface area contributed by atoms with Crippen LogP contribution in [0.5, 0.6) is 0 Å². The second-order valence-corrected chi connectivity index (χ2v) is 10.7. The number of amides is 2. The molecule has 2 fully saturated rings. The quantitative estimate of drug-likeness (QED) is 0.404. The molecule has 9 nitrogen and oxygen atoms in total. The fourth-order valence-corrected chi connectivity index (χ4v) is 6.06. The summed E-state index contributed by atoms with van der Waals surface area (Å²) in [6.07, 6.45) is 4.57. The Morgan fingerprint density at radius 2 is 1.75 bits per heavy atom. The van der Waals surface area contributed by atoms with E-state index in [4.69, 9.17) is 9.72 Å². The predicted octanol–water partition coefficient (Wildman–Crippen LogP) is 4.27. The molecular weight excluding hydrogens is 506 g/mol. The lowest BCUT2D eigenvalue weighted by Crippen LogP contribution is -2.57. The molecule has 1 N–H and O–H groups in total. The average Bonchev–Trinajstić information content (AvgIpc) is 3.43. The van der Waals surface area contributed by atoms with Crippen molar-refractivity contribution in [1.29, 1.82) is 0 Å². The molecule has 0 radical (unpaired) electrons. The summed E-state index contributed by atoms with van der Waals surface area (Å²) in [5.41, 5.74) is 3.31. The first-order valence-corrected chi connectivity index (χ1v) is 14.2. The van der Waals surface area contributed by atoms with Crippen molar-refractivity contribution < 1.29 is 19.4 Å². The number of carbonyl (C=O) groups excluding carboxylic acids is 1. The summed E-state index contributed by atoms with van der Waals surface area (Å²) in [5, 5.41) is 9.69. The Balaban J connectivity index is 1.45. The van der Waals surface area contributed by atoms with Crippen molar-refractivity contribution in [2.45, 2.75) is 37.8 Å². The third kappa shape index (κ3) is 6.37. The number of hydrogen-bond acceptors (Lipinski definition) is 5. The first-order valence-electron chi connectivity index (χ1n) is 14.2. The van der Waals surface area contributed by atoms with Gasteiger partial charge in [0.05, 0.1) is 18.1 Å². The molecule has 1 unspecified atom stereocenters. The van der Waals surface area contributed by atoms with E-state index in [2.05, 4.69) is 9.47 Å². The van der Waals surface area contributed by atoms with E-state index in [-0.39, 0.29) is 31.1 Å². The molecule has 212 valence electrons. The Morgan fingerprint density at radius 3 is 2.48 bits per heavy atom. The maximum absolute atomic E-state index is 14.3. The molecule has 2 atom stereocenters. The molecule has 2 aliphatic heterocycles. The van der Waals surface area contributed by atoms with Gasteiger partial charge in [-0.3, -0.25) is 4.79 Å². The van der Waals surface area contributed by atoms with Crippen LogP contribution >= 0.6 is 0 Å². The number of likely N-dealkylation sites (tertiary alicyclic amines) is 1. The minimum Gasteiger partial charge on any atom is -0.465 e. The highest BCUT2D eigenvalue weighted by molar-refractivity contribution is 5.98. The van der Waals surface area contributed by atoms with Crippen molar-refractivity contribution in [2.75, 3.05) is 53.0 Å². The standard InChI is InChI=1S/C31H39N5O4/c1-40-19-9-16-33-15-8-14-26(21-33)36-23-32-28(29(36)25-12-6-3-7-13-25)30(37)35-18-17-34(31(38)39)22-27(35)20-24-10-4-2-5-11-24/h2-7,10-13,23,26-27H,8-9,14-22H2,1H3,(H,38,39)/t26?,27-/m1/s1.